The average molecular weight is 401 g/mol. The van der Waals surface area contributed by atoms with Crippen molar-refractivity contribution in [3.05, 3.63) is 33.8 Å². The highest BCUT2D eigenvalue weighted by atomic mass is 79.9. The standard InChI is InChI=1S/C20H21BrN2O2/c1-3-10-25-19-9-8-17(21)12-15(19)11-16(13-22)20(24)23-18-7-5-4-6-14(18)2/h1,8-9,11-12,14,18H,4-7,10H2,2H3,(H,23,24)/b16-11+/t14-,18-/m0/s1. The first-order valence-electron chi connectivity index (χ1n) is 8.33. The van der Waals surface area contributed by atoms with Crippen LogP contribution >= 0.6 is 15.9 Å². The number of benzene rings is 1. The summed E-state index contributed by atoms with van der Waals surface area (Å²) < 4.78 is 6.32. The van der Waals surface area contributed by atoms with Crippen LogP contribution in [0, 0.1) is 29.6 Å². The Morgan fingerprint density at radius 1 is 1.48 bits per heavy atom. The topological polar surface area (TPSA) is 62.1 Å². The highest BCUT2D eigenvalue weighted by molar-refractivity contribution is 9.10. The maximum Gasteiger partial charge on any atom is 0.262 e. The van der Waals surface area contributed by atoms with Crippen LogP contribution in [0.3, 0.4) is 0 Å². The van der Waals surface area contributed by atoms with E-state index in [0.29, 0.717) is 17.2 Å². The Morgan fingerprint density at radius 2 is 2.24 bits per heavy atom. The molecule has 1 fully saturated rings. The van der Waals surface area contributed by atoms with Crippen molar-refractivity contribution in [1.29, 1.82) is 5.26 Å². The summed E-state index contributed by atoms with van der Waals surface area (Å²) in [6.07, 6.45) is 11.1. The van der Waals surface area contributed by atoms with Gasteiger partial charge in [-0.2, -0.15) is 5.26 Å². The van der Waals surface area contributed by atoms with Gasteiger partial charge in [-0.25, -0.2) is 0 Å². The highest BCUT2D eigenvalue weighted by Crippen LogP contribution is 2.27. The second-order valence-corrected chi connectivity index (χ2v) is 7.10. The fourth-order valence-corrected chi connectivity index (χ4v) is 3.34. The van der Waals surface area contributed by atoms with Crippen LogP contribution in [-0.2, 0) is 4.79 Å². The van der Waals surface area contributed by atoms with Gasteiger partial charge in [0.2, 0.25) is 0 Å². The van der Waals surface area contributed by atoms with Crippen LogP contribution < -0.4 is 10.1 Å². The molecule has 1 N–H and O–H groups in total. The van der Waals surface area contributed by atoms with E-state index in [4.69, 9.17) is 11.2 Å². The first kappa shape index (κ1) is 19.1. The van der Waals surface area contributed by atoms with Gasteiger partial charge in [-0.3, -0.25) is 4.79 Å². The zero-order valence-electron chi connectivity index (χ0n) is 14.2. The molecule has 1 amide bonds. The molecule has 1 aliphatic carbocycles. The van der Waals surface area contributed by atoms with Crippen LogP contribution in [0.25, 0.3) is 6.08 Å². The number of hydrogen-bond acceptors (Lipinski definition) is 3. The first-order chi connectivity index (χ1) is 12.0. The number of halogens is 1. The van der Waals surface area contributed by atoms with Gasteiger partial charge in [0.05, 0.1) is 0 Å². The molecule has 25 heavy (non-hydrogen) atoms. The lowest BCUT2D eigenvalue weighted by Crippen LogP contribution is -2.41. The second-order valence-electron chi connectivity index (χ2n) is 6.19. The lowest BCUT2D eigenvalue weighted by molar-refractivity contribution is -0.118. The molecule has 130 valence electrons. The van der Waals surface area contributed by atoms with Gasteiger partial charge < -0.3 is 10.1 Å². The van der Waals surface area contributed by atoms with Crippen molar-refractivity contribution in [2.45, 2.75) is 38.6 Å². The van der Waals surface area contributed by atoms with Gasteiger partial charge in [0.1, 0.15) is 24.0 Å². The Bertz CT molecular complexity index is 743. The van der Waals surface area contributed by atoms with Crippen LogP contribution in [0.15, 0.2) is 28.2 Å². The van der Waals surface area contributed by atoms with Gasteiger partial charge in [-0.05, 0) is 43.0 Å². The summed E-state index contributed by atoms with van der Waals surface area (Å²) in [5, 5.41) is 12.4. The van der Waals surface area contributed by atoms with E-state index in [1.165, 1.54) is 6.42 Å². The maximum atomic E-state index is 12.5. The zero-order valence-corrected chi connectivity index (χ0v) is 15.8. The van der Waals surface area contributed by atoms with E-state index >= 15 is 0 Å². The summed E-state index contributed by atoms with van der Waals surface area (Å²) in [6, 6.07) is 7.48. The Balaban J connectivity index is 2.21. The normalized spacial score (nSPS) is 20.2. The van der Waals surface area contributed by atoms with Crippen LogP contribution in [0.5, 0.6) is 5.75 Å². The van der Waals surface area contributed by atoms with Crippen LogP contribution in [0.2, 0.25) is 0 Å². The summed E-state index contributed by atoms with van der Waals surface area (Å²) in [6.45, 7) is 2.26. The van der Waals surface area contributed by atoms with E-state index in [0.717, 1.165) is 23.7 Å². The minimum absolute atomic E-state index is 0.0569. The Labute approximate surface area is 157 Å². The predicted octanol–water partition coefficient (Wildman–Crippen LogP) is 4.06. The van der Waals surface area contributed by atoms with E-state index in [1.54, 1.807) is 18.2 Å². The lowest BCUT2D eigenvalue weighted by atomic mass is 9.86. The maximum absolute atomic E-state index is 12.5. The lowest BCUT2D eigenvalue weighted by Gasteiger charge is -2.29. The summed E-state index contributed by atoms with van der Waals surface area (Å²) in [5.41, 5.74) is 0.689. The van der Waals surface area contributed by atoms with E-state index in [1.807, 2.05) is 12.1 Å². The number of carbonyl (C=O) groups excluding carboxylic acids is 1. The molecule has 1 aromatic carbocycles. The number of amides is 1. The van der Waals surface area contributed by atoms with Crippen molar-refractivity contribution in [2.24, 2.45) is 5.92 Å². The number of ether oxygens (including phenoxy) is 1. The Kier molecular flexibility index (Phi) is 7.10. The van der Waals surface area contributed by atoms with Gasteiger partial charge in [-0.1, -0.05) is 41.6 Å². The molecule has 1 aliphatic rings. The summed E-state index contributed by atoms with van der Waals surface area (Å²) in [7, 11) is 0. The smallest absolute Gasteiger partial charge is 0.262 e. The molecule has 2 rings (SSSR count). The highest BCUT2D eigenvalue weighted by Gasteiger charge is 2.24. The van der Waals surface area contributed by atoms with Crippen molar-refractivity contribution in [1.82, 2.24) is 5.32 Å². The third-order valence-corrected chi connectivity index (χ3v) is 4.87. The number of carbonyl (C=O) groups is 1. The predicted molar refractivity (Wildman–Crippen MR) is 102 cm³/mol. The van der Waals surface area contributed by atoms with Crippen molar-refractivity contribution < 1.29 is 9.53 Å². The minimum Gasteiger partial charge on any atom is -0.480 e. The number of rotatable bonds is 5. The van der Waals surface area contributed by atoms with Gasteiger partial charge in [0.15, 0.2) is 0 Å². The summed E-state index contributed by atoms with van der Waals surface area (Å²) >= 11 is 3.39. The molecule has 0 unspecified atom stereocenters. The van der Waals surface area contributed by atoms with Crippen LogP contribution in [0.4, 0.5) is 0 Å². The number of hydrogen-bond donors (Lipinski definition) is 1. The molecule has 0 aromatic heterocycles. The molecule has 1 saturated carbocycles. The largest absolute Gasteiger partial charge is 0.480 e. The molecule has 0 spiro atoms. The molecule has 0 heterocycles. The van der Waals surface area contributed by atoms with Crippen LogP contribution in [-0.4, -0.2) is 18.6 Å². The van der Waals surface area contributed by atoms with Crippen molar-refractivity contribution in [3.8, 4) is 24.2 Å². The molecule has 0 radical (unpaired) electrons. The van der Waals surface area contributed by atoms with Crippen molar-refractivity contribution in [2.75, 3.05) is 6.61 Å². The molecule has 1 aromatic rings. The van der Waals surface area contributed by atoms with Gasteiger partial charge in [0.25, 0.3) is 5.91 Å². The number of terminal acetylenes is 1. The average Bonchev–Trinajstić information content (AvgIpc) is 2.60. The molecule has 0 saturated heterocycles. The zero-order chi connectivity index (χ0) is 18.2. The van der Waals surface area contributed by atoms with E-state index in [9.17, 15) is 10.1 Å². The molecule has 0 bridgehead atoms. The Morgan fingerprint density at radius 3 is 2.92 bits per heavy atom. The minimum atomic E-state index is -0.343. The van der Waals surface area contributed by atoms with Gasteiger partial charge in [-0.15, -0.1) is 6.42 Å². The van der Waals surface area contributed by atoms with Gasteiger partial charge >= 0.3 is 0 Å². The molecular formula is C20H21BrN2O2. The number of nitrogens with zero attached hydrogens (tertiary/aromatic N) is 1. The fourth-order valence-electron chi connectivity index (χ4n) is 2.96. The van der Waals surface area contributed by atoms with E-state index in [-0.39, 0.29) is 24.1 Å². The molecule has 5 heteroatoms. The van der Waals surface area contributed by atoms with Crippen molar-refractivity contribution in [3.63, 3.8) is 0 Å². The van der Waals surface area contributed by atoms with Crippen LogP contribution in [0.1, 0.15) is 38.2 Å². The molecule has 0 aliphatic heterocycles. The van der Waals surface area contributed by atoms with E-state index < -0.39 is 0 Å². The third-order valence-electron chi connectivity index (χ3n) is 4.38. The molecule has 2 atom stereocenters. The monoisotopic (exact) mass is 400 g/mol. The number of nitriles is 1. The quantitative estimate of drug-likeness (QED) is 0.460. The molecule has 4 nitrogen and oxygen atoms in total. The van der Waals surface area contributed by atoms with Gasteiger partial charge in [0, 0.05) is 16.1 Å². The Hall–Kier alpha value is -2.24. The number of nitrogens with one attached hydrogen (secondary N) is 1. The van der Waals surface area contributed by atoms with E-state index in [2.05, 4.69) is 34.1 Å². The molecular weight excluding hydrogens is 380 g/mol. The second kappa shape index (κ2) is 9.30. The summed E-state index contributed by atoms with van der Waals surface area (Å²) in [5.74, 6) is 3.03. The summed E-state index contributed by atoms with van der Waals surface area (Å²) in [4.78, 5) is 12.5. The van der Waals surface area contributed by atoms with Crippen molar-refractivity contribution >= 4 is 27.9 Å². The SMILES string of the molecule is C#CCOc1ccc(Br)cc1/C=C(\C#N)C(=O)N[C@H]1CCCC[C@@H]1C. The fraction of sp³-hybridized carbons (Fsp3) is 0.400. The first-order valence-corrected chi connectivity index (χ1v) is 9.13. The third kappa shape index (κ3) is 5.37.